The second-order valence-corrected chi connectivity index (χ2v) is 6.54. The Bertz CT molecular complexity index is 882. The first-order chi connectivity index (χ1) is 13.9. The van der Waals surface area contributed by atoms with Crippen molar-refractivity contribution in [2.45, 2.75) is 27.2 Å². The summed E-state index contributed by atoms with van der Waals surface area (Å²) in [7, 11) is 0. The van der Waals surface area contributed by atoms with Crippen molar-refractivity contribution in [3.8, 4) is 11.5 Å². The molecule has 0 saturated carbocycles. The molecule has 0 aliphatic rings. The van der Waals surface area contributed by atoms with E-state index in [2.05, 4.69) is 15.8 Å². The molecule has 2 aromatic rings. The highest BCUT2D eigenvalue weighted by Crippen LogP contribution is 2.36. The van der Waals surface area contributed by atoms with Gasteiger partial charge in [0.25, 0.3) is 0 Å². The number of carbonyl (C=O) groups is 2. The number of ether oxygens (including phenoxy) is 2. The van der Waals surface area contributed by atoms with E-state index in [1.165, 1.54) is 6.21 Å². The first-order valence-electron chi connectivity index (χ1n) is 9.24. The predicted molar refractivity (Wildman–Crippen MR) is 114 cm³/mol. The summed E-state index contributed by atoms with van der Waals surface area (Å²) in [5.74, 6) is -0.754. The summed E-state index contributed by atoms with van der Waals surface area (Å²) < 4.78 is 11.2. The summed E-state index contributed by atoms with van der Waals surface area (Å²) in [4.78, 5) is 23.8. The van der Waals surface area contributed by atoms with Gasteiger partial charge in [-0.3, -0.25) is 9.59 Å². The monoisotopic (exact) mass is 417 g/mol. The van der Waals surface area contributed by atoms with Crippen molar-refractivity contribution in [2.75, 3.05) is 18.5 Å². The van der Waals surface area contributed by atoms with Gasteiger partial charge in [0, 0.05) is 5.69 Å². The summed E-state index contributed by atoms with van der Waals surface area (Å²) in [5, 5.41) is 6.68. The predicted octanol–water partition coefficient (Wildman–Crippen LogP) is 3.92. The van der Waals surface area contributed by atoms with Crippen molar-refractivity contribution in [3.63, 3.8) is 0 Å². The van der Waals surface area contributed by atoms with Gasteiger partial charge in [-0.1, -0.05) is 36.2 Å². The van der Waals surface area contributed by atoms with E-state index in [1.807, 2.05) is 32.9 Å². The Morgan fingerprint density at radius 3 is 2.48 bits per heavy atom. The van der Waals surface area contributed by atoms with Gasteiger partial charge in [0.2, 0.25) is 0 Å². The molecule has 2 aromatic carbocycles. The maximum atomic E-state index is 11.9. The van der Waals surface area contributed by atoms with Crippen molar-refractivity contribution in [2.24, 2.45) is 5.10 Å². The van der Waals surface area contributed by atoms with Crippen LogP contribution in [0.15, 0.2) is 41.5 Å². The Morgan fingerprint density at radius 1 is 1.10 bits per heavy atom. The molecular formula is C21H24ClN3O4. The number of aryl methyl sites for hydroxylation is 1. The fourth-order valence-electron chi connectivity index (χ4n) is 2.31. The molecule has 0 atom stereocenters. The summed E-state index contributed by atoms with van der Waals surface area (Å²) in [5.41, 5.74) is 4.34. The molecule has 0 aliphatic carbocycles. The van der Waals surface area contributed by atoms with Crippen LogP contribution in [0.4, 0.5) is 5.69 Å². The minimum absolute atomic E-state index is 0.370. The first-order valence-corrected chi connectivity index (χ1v) is 9.62. The average molecular weight is 418 g/mol. The fourth-order valence-corrected chi connectivity index (χ4v) is 2.58. The summed E-state index contributed by atoms with van der Waals surface area (Å²) in [6.45, 7) is 6.73. The molecule has 2 rings (SSSR count). The van der Waals surface area contributed by atoms with Crippen LogP contribution in [0.1, 0.15) is 31.4 Å². The molecule has 0 unspecified atom stereocenters. The molecule has 0 fully saturated rings. The normalized spacial score (nSPS) is 10.6. The SMILES string of the molecule is CCCOc1c(Cl)cc(/C=N\NC(=O)C(=O)Nc2ccc(C)cc2)cc1OCC. The number of hydrazone groups is 1. The molecule has 7 nitrogen and oxygen atoms in total. The topological polar surface area (TPSA) is 89.0 Å². The van der Waals surface area contributed by atoms with Gasteiger partial charge in [0.1, 0.15) is 0 Å². The lowest BCUT2D eigenvalue weighted by Crippen LogP contribution is -2.32. The van der Waals surface area contributed by atoms with Crippen molar-refractivity contribution in [3.05, 3.63) is 52.5 Å². The van der Waals surface area contributed by atoms with Crippen LogP contribution in [0.25, 0.3) is 0 Å². The van der Waals surface area contributed by atoms with Gasteiger partial charge in [-0.2, -0.15) is 5.10 Å². The summed E-state index contributed by atoms with van der Waals surface area (Å²) in [6.07, 6.45) is 2.21. The number of amides is 2. The minimum atomic E-state index is -0.888. The van der Waals surface area contributed by atoms with Crippen molar-refractivity contribution in [1.82, 2.24) is 5.43 Å². The van der Waals surface area contributed by atoms with E-state index in [4.69, 9.17) is 21.1 Å². The van der Waals surface area contributed by atoms with E-state index < -0.39 is 11.8 Å². The molecule has 0 aromatic heterocycles. The Kier molecular flexibility index (Phi) is 8.48. The second kappa shape index (κ2) is 11.1. The zero-order valence-electron chi connectivity index (χ0n) is 16.6. The van der Waals surface area contributed by atoms with Gasteiger partial charge in [-0.15, -0.1) is 0 Å². The smallest absolute Gasteiger partial charge is 0.329 e. The van der Waals surface area contributed by atoms with Crippen molar-refractivity contribution < 1.29 is 19.1 Å². The summed E-state index contributed by atoms with van der Waals surface area (Å²) >= 11 is 6.28. The van der Waals surface area contributed by atoms with Gasteiger partial charge < -0.3 is 14.8 Å². The number of nitrogens with one attached hydrogen (secondary N) is 2. The van der Waals surface area contributed by atoms with E-state index in [0.29, 0.717) is 41.0 Å². The van der Waals surface area contributed by atoms with Crippen molar-refractivity contribution >= 4 is 35.3 Å². The second-order valence-electron chi connectivity index (χ2n) is 6.13. The maximum Gasteiger partial charge on any atom is 0.329 e. The number of rotatable bonds is 8. The van der Waals surface area contributed by atoms with Gasteiger partial charge in [0.15, 0.2) is 11.5 Å². The Morgan fingerprint density at radius 2 is 1.83 bits per heavy atom. The highest BCUT2D eigenvalue weighted by Gasteiger charge is 2.14. The van der Waals surface area contributed by atoms with E-state index >= 15 is 0 Å². The van der Waals surface area contributed by atoms with Gasteiger partial charge in [-0.25, -0.2) is 5.43 Å². The van der Waals surface area contributed by atoms with Crippen molar-refractivity contribution in [1.29, 1.82) is 0 Å². The van der Waals surface area contributed by atoms with Gasteiger partial charge >= 0.3 is 11.8 Å². The zero-order chi connectivity index (χ0) is 21.2. The lowest BCUT2D eigenvalue weighted by Gasteiger charge is -2.13. The number of anilines is 1. The van der Waals surface area contributed by atoms with Crippen LogP contribution in [-0.2, 0) is 9.59 Å². The molecule has 0 saturated heterocycles. The summed E-state index contributed by atoms with van der Waals surface area (Å²) in [6, 6.07) is 10.4. The van der Waals surface area contributed by atoms with E-state index in [9.17, 15) is 9.59 Å². The highest BCUT2D eigenvalue weighted by molar-refractivity contribution is 6.39. The number of halogens is 1. The average Bonchev–Trinajstić information content (AvgIpc) is 2.69. The van der Waals surface area contributed by atoms with Crippen LogP contribution in [-0.4, -0.2) is 31.2 Å². The molecule has 154 valence electrons. The largest absolute Gasteiger partial charge is 0.490 e. The standard InChI is InChI=1S/C21H24ClN3O4/c1-4-10-29-19-17(22)11-15(12-18(19)28-5-2)13-23-25-21(27)20(26)24-16-8-6-14(3)7-9-16/h6-9,11-13H,4-5,10H2,1-3H3,(H,24,26)(H,25,27)/b23-13-. The molecule has 2 N–H and O–H groups in total. The molecule has 0 radical (unpaired) electrons. The third kappa shape index (κ3) is 6.80. The van der Waals surface area contributed by atoms with Crippen LogP contribution in [0, 0.1) is 6.92 Å². The first kappa shape index (κ1) is 22.2. The van der Waals surface area contributed by atoms with Gasteiger partial charge in [-0.05, 0) is 50.1 Å². The molecule has 2 amide bonds. The quantitative estimate of drug-likeness (QED) is 0.387. The minimum Gasteiger partial charge on any atom is -0.490 e. The molecule has 8 heteroatoms. The number of hydrogen-bond donors (Lipinski definition) is 2. The molecule has 0 aliphatic heterocycles. The third-order valence-electron chi connectivity index (χ3n) is 3.68. The van der Waals surface area contributed by atoms with E-state index in [-0.39, 0.29) is 0 Å². The lowest BCUT2D eigenvalue weighted by atomic mass is 10.2. The van der Waals surface area contributed by atoms with Crippen LogP contribution < -0.4 is 20.2 Å². The maximum absolute atomic E-state index is 11.9. The molecular weight excluding hydrogens is 394 g/mol. The van der Waals surface area contributed by atoms with Gasteiger partial charge in [0.05, 0.1) is 24.5 Å². The molecule has 0 heterocycles. The fraction of sp³-hybridized carbons (Fsp3) is 0.286. The van der Waals surface area contributed by atoms with Crippen LogP contribution in [0.5, 0.6) is 11.5 Å². The van der Waals surface area contributed by atoms with E-state index in [0.717, 1.165) is 12.0 Å². The van der Waals surface area contributed by atoms with E-state index in [1.54, 1.807) is 24.3 Å². The molecule has 0 spiro atoms. The lowest BCUT2D eigenvalue weighted by molar-refractivity contribution is -0.136. The Hall–Kier alpha value is -3.06. The molecule has 29 heavy (non-hydrogen) atoms. The highest BCUT2D eigenvalue weighted by atomic mass is 35.5. The Balaban J connectivity index is 2.01. The molecule has 0 bridgehead atoms. The number of nitrogens with zero attached hydrogens (tertiary/aromatic N) is 1. The zero-order valence-corrected chi connectivity index (χ0v) is 17.4. The van der Waals surface area contributed by atoms with Crippen LogP contribution in [0.3, 0.4) is 0 Å². The van der Waals surface area contributed by atoms with Crippen LogP contribution in [0.2, 0.25) is 5.02 Å². The number of hydrogen-bond acceptors (Lipinski definition) is 5. The third-order valence-corrected chi connectivity index (χ3v) is 3.96. The number of carbonyl (C=O) groups excluding carboxylic acids is 2. The van der Waals surface area contributed by atoms with Crippen LogP contribution >= 0.6 is 11.6 Å². The Labute approximate surface area is 175 Å². The number of benzene rings is 2.